The van der Waals surface area contributed by atoms with Crippen LogP contribution in [0.2, 0.25) is 0 Å². The molecule has 0 fully saturated rings. The third-order valence-corrected chi connectivity index (χ3v) is 2.56. The highest BCUT2D eigenvalue weighted by atomic mass is 16.3. The first-order valence-corrected chi connectivity index (χ1v) is 5.38. The molecular weight excluding hydrogens is 186 g/mol. The van der Waals surface area contributed by atoms with Gasteiger partial charge in [-0.3, -0.25) is 0 Å². The van der Waals surface area contributed by atoms with Crippen LogP contribution in [-0.2, 0) is 5.41 Å². The summed E-state index contributed by atoms with van der Waals surface area (Å²) in [5.74, 6) is 0. The maximum atomic E-state index is 9.75. The van der Waals surface area contributed by atoms with Crippen LogP contribution in [0.3, 0.4) is 0 Å². The van der Waals surface area contributed by atoms with Gasteiger partial charge in [0.1, 0.15) is 0 Å². The minimum absolute atomic E-state index is 0.173. The maximum Gasteiger partial charge on any atom is 0.0914 e. The molecule has 84 valence electrons. The first-order chi connectivity index (χ1) is 6.95. The minimum Gasteiger partial charge on any atom is -0.387 e. The monoisotopic (exact) mass is 207 g/mol. The Balaban J connectivity index is 2.81. The highest BCUT2D eigenvalue weighted by molar-refractivity contribution is 5.28. The minimum atomic E-state index is -0.413. The topological polar surface area (TPSA) is 32.3 Å². The molecule has 1 aromatic carbocycles. The lowest BCUT2D eigenvalue weighted by atomic mass is 9.86. The van der Waals surface area contributed by atoms with E-state index in [1.54, 1.807) is 0 Å². The van der Waals surface area contributed by atoms with Crippen LogP contribution in [-0.4, -0.2) is 18.7 Å². The zero-order valence-electron chi connectivity index (χ0n) is 10.0. The van der Waals surface area contributed by atoms with Crippen molar-refractivity contribution in [2.24, 2.45) is 0 Å². The maximum absolute atomic E-state index is 9.75. The number of aliphatic hydroxyl groups is 1. The number of hydrogen-bond donors (Lipinski definition) is 2. The van der Waals surface area contributed by atoms with Crippen LogP contribution >= 0.6 is 0 Å². The molecule has 1 aromatic rings. The van der Waals surface area contributed by atoms with Crippen molar-refractivity contribution >= 4 is 0 Å². The Bertz CT molecular complexity index is 297. The Kier molecular flexibility index (Phi) is 3.89. The van der Waals surface area contributed by atoms with Crippen molar-refractivity contribution in [2.75, 3.05) is 13.6 Å². The van der Waals surface area contributed by atoms with E-state index in [0.29, 0.717) is 6.54 Å². The molecule has 0 amide bonds. The average Bonchev–Trinajstić information content (AvgIpc) is 2.17. The molecule has 0 saturated carbocycles. The SMILES string of the molecule is CNCC(O)c1ccc(C(C)(C)C)cc1. The summed E-state index contributed by atoms with van der Waals surface area (Å²) in [5.41, 5.74) is 2.44. The summed E-state index contributed by atoms with van der Waals surface area (Å²) in [6.07, 6.45) is -0.413. The predicted octanol–water partition coefficient (Wildman–Crippen LogP) is 2.24. The van der Waals surface area contributed by atoms with Crippen LogP contribution < -0.4 is 5.32 Å². The Labute approximate surface area is 92.3 Å². The van der Waals surface area contributed by atoms with Crippen LogP contribution in [0.5, 0.6) is 0 Å². The number of hydrogen-bond acceptors (Lipinski definition) is 2. The van der Waals surface area contributed by atoms with Crippen LogP contribution in [0.25, 0.3) is 0 Å². The molecule has 2 N–H and O–H groups in total. The van der Waals surface area contributed by atoms with Gasteiger partial charge < -0.3 is 10.4 Å². The van der Waals surface area contributed by atoms with Crippen molar-refractivity contribution in [3.63, 3.8) is 0 Å². The van der Waals surface area contributed by atoms with E-state index in [0.717, 1.165) is 5.56 Å². The highest BCUT2D eigenvalue weighted by Gasteiger charge is 2.14. The Morgan fingerprint density at radius 3 is 2.13 bits per heavy atom. The van der Waals surface area contributed by atoms with E-state index >= 15 is 0 Å². The molecule has 0 bridgehead atoms. The highest BCUT2D eigenvalue weighted by Crippen LogP contribution is 2.23. The molecule has 0 aliphatic rings. The molecule has 2 heteroatoms. The summed E-state index contributed by atoms with van der Waals surface area (Å²) in [5, 5.41) is 12.7. The first-order valence-electron chi connectivity index (χ1n) is 5.38. The van der Waals surface area contributed by atoms with Gasteiger partial charge in [0.05, 0.1) is 6.10 Å². The van der Waals surface area contributed by atoms with Gasteiger partial charge in [0, 0.05) is 6.54 Å². The number of rotatable bonds is 3. The van der Waals surface area contributed by atoms with Gasteiger partial charge in [0.25, 0.3) is 0 Å². The smallest absolute Gasteiger partial charge is 0.0914 e. The summed E-state index contributed by atoms with van der Waals surface area (Å²) >= 11 is 0. The van der Waals surface area contributed by atoms with E-state index in [4.69, 9.17) is 0 Å². The van der Waals surface area contributed by atoms with Gasteiger partial charge in [-0.25, -0.2) is 0 Å². The molecule has 0 radical (unpaired) electrons. The molecule has 0 heterocycles. The Hall–Kier alpha value is -0.860. The van der Waals surface area contributed by atoms with E-state index in [1.807, 2.05) is 19.2 Å². The van der Waals surface area contributed by atoms with Gasteiger partial charge >= 0.3 is 0 Å². The van der Waals surface area contributed by atoms with Crippen molar-refractivity contribution in [1.82, 2.24) is 5.32 Å². The molecule has 1 unspecified atom stereocenters. The molecule has 0 saturated heterocycles. The quantitative estimate of drug-likeness (QED) is 0.796. The number of benzene rings is 1. The lowest BCUT2D eigenvalue weighted by Crippen LogP contribution is -2.17. The van der Waals surface area contributed by atoms with Gasteiger partial charge in [-0.1, -0.05) is 45.0 Å². The van der Waals surface area contributed by atoms with E-state index in [-0.39, 0.29) is 5.41 Å². The van der Waals surface area contributed by atoms with Crippen LogP contribution in [0.15, 0.2) is 24.3 Å². The number of aliphatic hydroxyl groups excluding tert-OH is 1. The second-order valence-electron chi connectivity index (χ2n) is 4.95. The van der Waals surface area contributed by atoms with Gasteiger partial charge in [-0.2, -0.15) is 0 Å². The Morgan fingerprint density at radius 2 is 1.73 bits per heavy atom. The zero-order chi connectivity index (χ0) is 11.5. The van der Waals surface area contributed by atoms with Crippen molar-refractivity contribution in [3.05, 3.63) is 35.4 Å². The summed E-state index contributed by atoms with van der Waals surface area (Å²) in [7, 11) is 1.84. The fourth-order valence-electron chi connectivity index (χ4n) is 1.52. The normalized spacial score (nSPS) is 13.9. The van der Waals surface area contributed by atoms with Crippen LogP contribution in [0.4, 0.5) is 0 Å². The molecule has 1 rings (SSSR count). The lowest BCUT2D eigenvalue weighted by molar-refractivity contribution is 0.177. The fourth-order valence-corrected chi connectivity index (χ4v) is 1.52. The van der Waals surface area contributed by atoms with E-state index in [1.165, 1.54) is 5.56 Å². The largest absolute Gasteiger partial charge is 0.387 e. The van der Waals surface area contributed by atoms with E-state index in [2.05, 4.69) is 38.2 Å². The second-order valence-corrected chi connectivity index (χ2v) is 4.95. The van der Waals surface area contributed by atoms with Gasteiger partial charge in [0.15, 0.2) is 0 Å². The third kappa shape index (κ3) is 3.33. The predicted molar refractivity (Wildman–Crippen MR) is 64.0 cm³/mol. The average molecular weight is 207 g/mol. The van der Waals surface area contributed by atoms with Gasteiger partial charge in [-0.05, 0) is 23.6 Å². The van der Waals surface area contributed by atoms with Gasteiger partial charge in [-0.15, -0.1) is 0 Å². The van der Waals surface area contributed by atoms with Crippen molar-refractivity contribution in [3.8, 4) is 0 Å². The van der Waals surface area contributed by atoms with E-state index in [9.17, 15) is 5.11 Å². The third-order valence-electron chi connectivity index (χ3n) is 2.56. The molecular formula is C13H21NO. The summed E-state index contributed by atoms with van der Waals surface area (Å²) < 4.78 is 0. The first kappa shape index (κ1) is 12.2. The van der Waals surface area contributed by atoms with Crippen LogP contribution in [0.1, 0.15) is 38.0 Å². The summed E-state index contributed by atoms with van der Waals surface area (Å²) in [4.78, 5) is 0. The molecule has 0 aromatic heterocycles. The van der Waals surface area contributed by atoms with E-state index < -0.39 is 6.10 Å². The van der Waals surface area contributed by atoms with Crippen molar-refractivity contribution in [2.45, 2.75) is 32.3 Å². The van der Waals surface area contributed by atoms with Crippen LogP contribution in [0, 0.1) is 0 Å². The number of likely N-dealkylation sites (N-methyl/N-ethyl adjacent to an activating group) is 1. The fraction of sp³-hybridized carbons (Fsp3) is 0.538. The zero-order valence-corrected chi connectivity index (χ0v) is 10.0. The van der Waals surface area contributed by atoms with Crippen molar-refractivity contribution < 1.29 is 5.11 Å². The second kappa shape index (κ2) is 4.77. The van der Waals surface area contributed by atoms with Gasteiger partial charge in [0.2, 0.25) is 0 Å². The molecule has 0 spiro atoms. The molecule has 0 aliphatic heterocycles. The molecule has 2 nitrogen and oxygen atoms in total. The molecule has 15 heavy (non-hydrogen) atoms. The lowest BCUT2D eigenvalue weighted by Gasteiger charge is -2.20. The summed E-state index contributed by atoms with van der Waals surface area (Å²) in [6, 6.07) is 8.19. The standard InChI is InChI=1S/C13H21NO/c1-13(2,3)11-7-5-10(6-8-11)12(15)9-14-4/h5-8,12,14-15H,9H2,1-4H3. The van der Waals surface area contributed by atoms with Crippen molar-refractivity contribution in [1.29, 1.82) is 0 Å². The molecule has 1 atom stereocenters. The Morgan fingerprint density at radius 1 is 1.20 bits per heavy atom. The number of nitrogens with one attached hydrogen (secondary N) is 1. The summed E-state index contributed by atoms with van der Waals surface area (Å²) in [6.45, 7) is 7.15. The molecule has 0 aliphatic carbocycles.